The average Bonchev–Trinajstić information content (AvgIpc) is 2.53. The molecule has 2 aromatic rings. The minimum atomic E-state index is -0.593. The molecular formula is C17H15BrN2O4. The molecule has 2 N–H and O–H groups in total. The second kappa shape index (κ2) is 8.26. The van der Waals surface area contributed by atoms with Gasteiger partial charge in [-0.05, 0) is 46.3 Å². The number of nitrogens with one attached hydrogen (secondary N) is 2. The number of amides is 2. The molecule has 0 aliphatic carbocycles. The van der Waals surface area contributed by atoms with E-state index in [1.165, 1.54) is 6.92 Å². The maximum Gasteiger partial charge on any atom is 0.339 e. The maximum atomic E-state index is 11.9. The van der Waals surface area contributed by atoms with E-state index in [1.54, 1.807) is 48.5 Å². The van der Waals surface area contributed by atoms with Crippen molar-refractivity contribution in [3.05, 3.63) is 58.6 Å². The van der Waals surface area contributed by atoms with Gasteiger partial charge in [-0.2, -0.15) is 0 Å². The van der Waals surface area contributed by atoms with Gasteiger partial charge in [-0.25, -0.2) is 4.79 Å². The topological polar surface area (TPSA) is 84.5 Å². The molecule has 124 valence electrons. The van der Waals surface area contributed by atoms with Crippen molar-refractivity contribution in [2.45, 2.75) is 6.92 Å². The predicted molar refractivity (Wildman–Crippen MR) is 93.8 cm³/mol. The summed E-state index contributed by atoms with van der Waals surface area (Å²) in [6, 6.07) is 13.4. The zero-order chi connectivity index (χ0) is 17.5. The molecule has 0 saturated heterocycles. The molecule has 6 nitrogen and oxygen atoms in total. The van der Waals surface area contributed by atoms with Gasteiger partial charge in [-0.3, -0.25) is 9.59 Å². The Hall–Kier alpha value is -2.67. The molecular weight excluding hydrogens is 376 g/mol. The van der Waals surface area contributed by atoms with E-state index < -0.39 is 18.5 Å². The van der Waals surface area contributed by atoms with Crippen molar-refractivity contribution in [2.24, 2.45) is 0 Å². The van der Waals surface area contributed by atoms with Gasteiger partial charge in [0.05, 0.1) is 5.56 Å². The molecule has 0 aromatic heterocycles. The number of ether oxygens (including phenoxy) is 1. The summed E-state index contributed by atoms with van der Waals surface area (Å²) in [6.45, 7) is 0.983. The minimum absolute atomic E-state index is 0.208. The first-order chi connectivity index (χ1) is 11.5. The summed E-state index contributed by atoms with van der Waals surface area (Å²) in [7, 11) is 0. The molecule has 0 unspecified atom stereocenters. The van der Waals surface area contributed by atoms with E-state index in [0.29, 0.717) is 21.4 Å². The Kier molecular flexibility index (Phi) is 6.08. The lowest BCUT2D eigenvalue weighted by Crippen LogP contribution is -2.21. The van der Waals surface area contributed by atoms with Gasteiger partial charge in [0, 0.05) is 22.8 Å². The standard InChI is InChI=1S/C17H15BrN2O4/c1-11(21)19-12-5-4-6-13(9-12)20-16(22)10-24-17(23)14-7-2-3-8-15(14)18/h2-9H,10H2,1H3,(H,19,21)(H,20,22). The van der Waals surface area contributed by atoms with Crippen LogP contribution in [0.5, 0.6) is 0 Å². The second-order valence-electron chi connectivity index (χ2n) is 4.87. The first-order valence-corrected chi connectivity index (χ1v) is 7.84. The number of carbonyl (C=O) groups is 3. The monoisotopic (exact) mass is 390 g/mol. The Morgan fingerprint density at radius 2 is 1.67 bits per heavy atom. The number of hydrogen-bond donors (Lipinski definition) is 2. The molecule has 7 heteroatoms. The molecule has 0 fully saturated rings. The summed E-state index contributed by atoms with van der Waals surface area (Å²) in [5.41, 5.74) is 1.40. The van der Waals surface area contributed by atoms with Gasteiger partial charge in [-0.15, -0.1) is 0 Å². The van der Waals surface area contributed by atoms with Crippen LogP contribution in [0.1, 0.15) is 17.3 Å². The van der Waals surface area contributed by atoms with Gasteiger partial charge in [0.25, 0.3) is 5.91 Å². The molecule has 0 aliphatic rings. The summed E-state index contributed by atoms with van der Waals surface area (Å²) in [4.78, 5) is 34.8. The molecule has 0 saturated carbocycles. The summed E-state index contributed by atoms with van der Waals surface area (Å²) >= 11 is 3.25. The van der Waals surface area contributed by atoms with Crippen molar-refractivity contribution in [3.8, 4) is 0 Å². The minimum Gasteiger partial charge on any atom is -0.452 e. The fourth-order valence-electron chi connectivity index (χ4n) is 1.91. The largest absolute Gasteiger partial charge is 0.452 e. The number of anilines is 2. The van der Waals surface area contributed by atoms with E-state index in [-0.39, 0.29) is 5.91 Å². The van der Waals surface area contributed by atoms with Crippen LogP contribution in [0.3, 0.4) is 0 Å². The molecule has 0 spiro atoms. The van der Waals surface area contributed by atoms with Crippen LogP contribution in [0.4, 0.5) is 11.4 Å². The Morgan fingerprint density at radius 1 is 1.00 bits per heavy atom. The summed E-state index contributed by atoms with van der Waals surface area (Å²) in [5, 5.41) is 5.21. The van der Waals surface area contributed by atoms with Gasteiger partial charge in [0.15, 0.2) is 6.61 Å². The zero-order valence-corrected chi connectivity index (χ0v) is 14.4. The van der Waals surface area contributed by atoms with Crippen molar-refractivity contribution >= 4 is 45.1 Å². The van der Waals surface area contributed by atoms with E-state index in [0.717, 1.165) is 0 Å². The third-order valence-corrected chi connectivity index (χ3v) is 3.59. The fourth-order valence-corrected chi connectivity index (χ4v) is 2.36. The fraction of sp³-hybridized carbons (Fsp3) is 0.118. The van der Waals surface area contributed by atoms with Crippen LogP contribution in [0.2, 0.25) is 0 Å². The molecule has 0 radical (unpaired) electrons. The summed E-state index contributed by atoms with van der Waals surface area (Å²) in [5.74, 6) is -1.28. The lowest BCUT2D eigenvalue weighted by atomic mass is 10.2. The summed E-state index contributed by atoms with van der Waals surface area (Å²) < 4.78 is 5.58. The number of esters is 1. The Bertz CT molecular complexity index is 777. The van der Waals surface area contributed by atoms with Crippen molar-refractivity contribution in [2.75, 3.05) is 17.2 Å². The molecule has 24 heavy (non-hydrogen) atoms. The van der Waals surface area contributed by atoms with Crippen molar-refractivity contribution in [3.63, 3.8) is 0 Å². The SMILES string of the molecule is CC(=O)Nc1cccc(NC(=O)COC(=O)c2ccccc2Br)c1. The number of hydrogen-bond acceptors (Lipinski definition) is 4. The summed E-state index contributed by atoms with van der Waals surface area (Å²) in [6.07, 6.45) is 0. The van der Waals surface area contributed by atoms with Gasteiger partial charge in [0.1, 0.15) is 0 Å². The van der Waals surface area contributed by atoms with Crippen LogP contribution in [-0.2, 0) is 14.3 Å². The number of rotatable bonds is 5. The highest BCUT2D eigenvalue weighted by Crippen LogP contribution is 2.17. The van der Waals surface area contributed by atoms with Crippen molar-refractivity contribution in [1.82, 2.24) is 0 Å². The van der Waals surface area contributed by atoms with Crippen LogP contribution in [0, 0.1) is 0 Å². The van der Waals surface area contributed by atoms with E-state index >= 15 is 0 Å². The molecule has 2 aromatic carbocycles. The molecule has 2 amide bonds. The third-order valence-electron chi connectivity index (χ3n) is 2.89. The van der Waals surface area contributed by atoms with E-state index in [2.05, 4.69) is 26.6 Å². The highest BCUT2D eigenvalue weighted by molar-refractivity contribution is 9.10. The van der Waals surface area contributed by atoms with Gasteiger partial charge in [-0.1, -0.05) is 18.2 Å². The van der Waals surface area contributed by atoms with E-state index in [1.807, 2.05) is 0 Å². The Morgan fingerprint density at radius 3 is 2.33 bits per heavy atom. The molecule has 0 heterocycles. The van der Waals surface area contributed by atoms with Crippen LogP contribution in [0.25, 0.3) is 0 Å². The van der Waals surface area contributed by atoms with Crippen molar-refractivity contribution < 1.29 is 19.1 Å². The van der Waals surface area contributed by atoms with Gasteiger partial charge >= 0.3 is 5.97 Å². The third kappa shape index (κ3) is 5.20. The quantitative estimate of drug-likeness (QED) is 0.767. The maximum absolute atomic E-state index is 11.9. The number of benzene rings is 2. The first-order valence-electron chi connectivity index (χ1n) is 7.05. The Balaban J connectivity index is 1.91. The lowest BCUT2D eigenvalue weighted by molar-refractivity contribution is -0.119. The number of carbonyl (C=O) groups excluding carboxylic acids is 3. The van der Waals surface area contributed by atoms with Gasteiger partial charge in [0.2, 0.25) is 5.91 Å². The zero-order valence-electron chi connectivity index (χ0n) is 12.8. The van der Waals surface area contributed by atoms with Crippen LogP contribution < -0.4 is 10.6 Å². The predicted octanol–water partition coefficient (Wildman–Crippen LogP) is 3.20. The highest BCUT2D eigenvalue weighted by Gasteiger charge is 2.13. The molecule has 2 rings (SSSR count). The average molecular weight is 391 g/mol. The molecule has 0 aliphatic heterocycles. The Labute approximate surface area is 147 Å². The van der Waals surface area contributed by atoms with Crippen molar-refractivity contribution in [1.29, 1.82) is 0 Å². The smallest absolute Gasteiger partial charge is 0.339 e. The van der Waals surface area contributed by atoms with E-state index in [9.17, 15) is 14.4 Å². The number of halogens is 1. The normalized spacial score (nSPS) is 9.92. The molecule has 0 atom stereocenters. The van der Waals surface area contributed by atoms with E-state index in [4.69, 9.17) is 4.74 Å². The van der Waals surface area contributed by atoms with Crippen LogP contribution >= 0.6 is 15.9 Å². The molecule has 0 bridgehead atoms. The second-order valence-corrected chi connectivity index (χ2v) is 5.72. The van der Waals surface area contributed by atoms with Gasteiger partial charge < -0.3 is 15.4 Å². The first kappa shape index (κ1) is 17.7. The highest BCUT2D eigenvalue weighted by atomic mass is 79.9. The lowest BCUT2D eigenvalue weighted by Gasteiger charge is -2.09. The van der Waals surface area contributed by atoms with Crippen LogP contribution in [-0.4, -0.2) is 24.4 Å². The van der Waals surface area contributed by atoms with Crippen LogP contribution in [0.15, 0.2) is 53.0 Å².